The first kappa shape index (κ1) is 12.0. The van der Waals surface area contributed by atoms with Gasteiger partial charge in [-0.05, 0) is 25.3 Å². The van der Waals surface area contributed by atoms with Gasteiger partial charge in [0.05, 0.1) is 5.69 Å². The Labute approximate surface area is 91.5 Å². The van der Waals surface area contributed by atoms with E-state index in [1.807, 2.05) is 20.0 Å². The van der Waals surface area contributed by atoms with Gasteiger partial charge in [-0.25, -0.2) is 0 Å². The van der Waals surface area contributed by atoms with E-state index in [0.29, 0.717) is 12.3 Å². The molecule has 0 aliphatic rings. The number of carbonyl (C=O) groups is 1. The monoisotopic (exact) mass is 208 g/mol. The lowest BCUT2D eigenvalue weighted by Crippen LogP contribution is -2.07. The van der Waals surface area contributed by atoms with E-state index in [1.165, 1.54) is 0 Å². The third-order valence-electron chi connectivity index (χ3n) is 2.47. The first-order valence-electron chi connectivity index (χ1n) is 5.54. The molecule has 0 N–H and O–H groups in total. The van der Waals surface area contributed by atoms with Crippen molar-refractivity contribution < 1.29 is 4.79 Å². The molecule has 1 rings (SSSR count). The zero-order valence-electron chi connectivity index (χ0n) is 10.1. The van der Waals surface area contributed by atoms with Gasteiger partial charge in [0.25, 0.3) is 0 Å². The maximum atomic E-state index is 11.8. The Morgan fingerprint density at radius 3 is 2.67 bits per heavy atom. The summed E-state index contributed by atoms with van der Waals surface area (Å²) < 4.78 is 1.67. The number of carbonyl (C=O) groups excluding carboxylic acids is 1. The van der Waals surface area contributed by atoms with Crippen LogP contribution in [0.2, 0.25) is 0 Å². The van der Waals surface area contributed by atoms with Crippen LogP contribution in [0.4, 0.5) is 0 Å². The van der Waals surface area contributed by atoms with Gasteiger partial charge in [0, 0.05) is 13.5 Å². The molecule has 0 spiro atoms. The van der Waals surface area contributed by atoms with Crippen LogP contribution in [0.5, 0.6) is 0 Å². The van der Waals surface area contributed by atoms with E-state index in [2.05, 4.69) is 18.9 Å². The fourth-order valence-electron chi connectivity index (χ4n) is 1.67. The summed E-state index contributed by atoms with van der Waals surface area (Å²) in [5, 5.41) is 4.17. The van der Waals surface area contributed by atoms with Crippen LogP contribution in [-0.2, 0) is 7.05 Å². The molecular weight excluding hydrogens is 188 g/mol. The van der Waals surface area contributed by atoms with Crippen LogP contribution in [0.1, 0.15) is 49.3 Å². The van der Waals surface area contributed by atoms with E-state index >= 15 is 0 Å². The molecule has 0 unspecified atom stereocenters. The van der Waals surface area contributed by atoms with E-state index in [4.69, 9.17) is 0 Å². The SMILES string of the molecule is Cc1cc(C(=O)CCCC(C)C)n(C)n1. The normalized spacial score (nSPS) is 11.0. The van der Waals surface area contributed by atoms with Crippen LogP contribution in [0, 0.1) is 12.8 Å². The maximum Gasteiger partial charge on any atom is 0.180 e. The Hall–Kier alpha value is -1.12. The number of aromatic nitrogens is 2. The molecule has 3 heteroatoms. The second-order valence-electron chi connectivity index (χ2n) is 4.50. The van der Waals surface area contributed by atoms with Gasteiger partial charge in [0.1, 0.15) is 5.69 Å². The Morgan fingerprint density at radius 1 is 1.53 bits per heavy atom. The van der Waals surface area contributed by atoms with Gasteiger partial charge < -0.3 is 0 Å². The van der Waals surface area contributed by atoms with Gasteiger partial charge in [-0.3, -0.25) is 9.48 Å². The van der Waals surface area contributed by atoms with Crippen molar-refractivity contribution in [1.82, 2.24) is 9.78 Å². The lowest BCUT2D eigenvalue weighted by molar-refractivity contribution is 0.0969. The highest BCUT2D eigenvalue weighted by molar-refractivity contribution is 5.94. The smallest absolute Gasteiger partial charge is 0.180 e. The fraction of sp³-hybridized carbons (Fsp3) is 0.667. The largest absolute Gasteiger partial charge is 0.292 e. The molecule has 1 aromatic heterocycles. The Morgan fingerprint density at radius 2 is 2.20 bits per heavy atom. The molecule has 0 saturated carbocycles. The number of ketones is 1. The number of aryl methyl sites for hydroxylation is 2. The predicted octanol–water partition coefficient (Wildman–Crippen LogP) is 2.74. The molecule has 1 heterocycles. The van der Waals surface area contributed by atoms with Crippen molar-refractivity contribution in [2.24, 2.45) is 13.0 Å². The second kappa shape index (κ2) is 5.10. The summed E-state index contributed by atoms with van der Waals surface area (Å²) in [6, 6.07) is 1.86. The average molecular weight is 208 g/mol. The summed E-state index contributed by atoms with van der Waals surface area (Å²) >= 11 is 0. The average Bonchev–Trinajstić information content (AvgIpc) is 2.44. The van der Waals surface area contributed by atoms with Crippen LogP contribution < -0.4 is 0 Å². The molecule has 0 fully saturated rings. The number of hydrogen-bond donors (Lipinski definition) is 0. The van der Waals surface area contributed by atoms with Crippen LogP contribution in [0.25, 0.3) is 0 Å². The standard InChI is InChI=1S/C12H20N2O/c1-9(2)6-5-7-12(15)11-8-10(3)13-14(11)4/h8-9H,5-7H2,1-4H3. The third-order valence-corrected chi connectivity index (χ3v) is 2.47. The number of Topliss-reactive ketones (excluding diaryl/α,β-unsaturated/α-hetero) is 1. The summed E-state index contributed by atoms with van der Waals surface area (Å²) in [7, 11) is 1.82. The molecule has 1 aromatic rings. The van der Waals surface area contributed by atoms with E-state index in [-0.39, 0.29) is 5.78 Å². The third kappa shape index (κ3) is 3.50. The van der Waals surface area contributed by atoms with Crippen molar-refractivity contribution in [3.63, 3.8) is 0 Å². The van der Waals surface area contributed by atoms with E-state index in [1.54, 1.807) is 4.68 Å². The van der Waals surface area contributed by atoms with Crippen molar-refractivity contribution in [3.05, 3.63) is 17.5 Å². The Balaban J connectivity index is 2.50. The van der Waals surface area contributed by atoms with Crippen LogP contribution >= 0.6 is 0 Å². The predicted molar refractivity (Wildman–Crippen MR) is 61.0 cm³/mol. The highest BCUT2D eigenvalue weighted by Gasteiger charge is 2.11. The van der Waals surface area contributed by atoms with Gasteiger partial charge in [-0.15, -0.1) is 0 Å². The van der Waals surface area contributed by atoms with Crippen molar-refractivity contribution in [2.45, 2.75) is 40.0 Å². The van der Waals surface area contributed by atoms with Crippen LogP contribution in [0.3, 0.4) is 0 Å². The van der Waals surface area contributed by atoms with E-state index in [9.17, 15) is 4.79 Å². The molecular formula is C12H20N2O. The van der Waals surface area contributed by atoms with E-state index in [0.717, 1.165) is 24.2 Å². The van der Waals surface area contributed by atoms with Gasteiger partial charge in [-0.1, -0.05) is 20.3 Å². The zero-order chi connectivity index (χ0) is 11.4. The van der Waals surface area contributed by atoms with Gasteiger partial charge in [0.2, 0.25) is 0 Å². The molecule has 0 radical (unpaired) electrons. The highest BCUT2D eigenvalue weighted by Crippen LogP contribution is 2.11. The van der Waals surface area contributed by atoms with Crippen molar-refractivity contribution in [2.75, 3.05) is 0 Å². The Bertz CT molecular complexity index is 339. The molecule has 0 aliphatic heterocycles. The molecule has 15 heavy (non-hydrogen) atoms. The summed E-state index contributed by atoms with van der Waals surface area (Å²) in [5.41, 5.74) is 1.64. The molecule has 0 atom stereocenters. The summed E-state index contributed by atoms with van der Waals surface area (Å²) in [5.74, 6) is 0.879. The lowest BCUT2D eigenvalue weighted by atomic mass is 10.0. The van der Waals surface area contributed by atoms with Crippen LogP contribution in [-0.4, -0.2) is 15.6 Å². The molecule has 84 valence electrons. The van der Waals surface area contributed by atoms with Gasteiger partial charge in [-0.2, -0.15) is 5.10 Å². The first-order valence-corrected chi connectivity index (χ1v) is 5.54. The summed E-state index contributed by atoms with van der Waals surface area (Å²) in [6.45, 7) is 6.27. The Kier molecular flexibility index (Phi) is 4.06. The second-order valence-corrected chi connectivity index (χ2v) is 4.50. The number of nitrogens with zero attached hydrogens (tertiary/aromatic N) is 2. The first-order chi connectivity index (χ1) is 7.00. The fourth-order valence-corrected chi connectivity index (χ4v) is 1.67. The number of rotatable bonds is 5. The number of hydrogen-bond acceptors (Lipinski definition) is 2. The van der Waals surface area contributed by atoms with Crippen LogP contribution in [0.15, 0.2) is 6.07 Å². The molecule has 0 amide bonds. The minimum absolute atomic E-state index is 0.207. The van der Waals surface area contributed by atoms with Crippen molar-refractivity contribution in [3.8, 4) is 0 Å². The molecule has 0 saturated heterocycles. The zero-order valence-corrected chi connectivity index (χ0v) is 10.1. The highest BCUT2D eigenvalue weighted by atomic mass is 16.1. The van der Waals surface area contributed by atoms with E-state index < -0.39 is 0 Å². The van der Waals surface area contributed by atoms with Gasteiger partial charge in [0.15, 0.2) is 5.78 Å². The quantitative estimate of drug-likeness (QED) is 0.697. The topological polar surface area (TPSA) is 34.9 Å². The van der Waals surface area contributed by atoms with Crippen molar-refractivity contribution in [1.29, 1.82) is 0 Å². The van der Waals surface area contributed by atoms with Gasteiger partial charge >= 0.3 is 0 Å². The molecule has 3 nitrogen and oxygen atoms in total. The summed E-state index contributed by atoms with van der Waals surface area (Å²) in [4.78, 5) is 11.8. The molecule has 0 aromatic carbocycles. The van der Waals surface area contributed by atoms with Crippen molar-refractivity contribution >= 4 is 5.78 Å². The molecule has 0 aliphatic carbocycles. The summed E-state index contributed by atoms with van der Waals surface area (Å²) in [6.07, 6.45) is 2.72. The minimum atomic E-state index is 0.207. The lowest BCUT2D eigenvalue weighted by Gasteiger charge is -2.03. The minimum Gasteiger partial charge on any atom is -0.292 e. The maximum absolute atomic E-state index is 11.8. The molecule has 0 bridgehead atoms.